The highest BCUT2D eigenvalue weighted by atomic mass is 32.2. The van der Waals surface area contributed by atoms with Crippen LogP contribution in [0.1, 0.15) is 29.2 Å². The van der Waals surface area contributed by atoms with Gasteiger partial charge in [-0.25, -0.2) is 13.1 Å². The Morgan fingerprint density at radius 2 is 1.86 bits per heavy atom. The zero-order chi connectivity index (χ0) is 15.7. The molecule has 0 amide bonds. The lowest BCUT2D eigenvalue weighted by Gasteiger charge is -2.25. The van der Waals surface area contributed by atoms with E-state index in [9.17, 15) is 8.42 Å². The maximum absolute atomic E-state index is 12.7. The summed E-state index contributed by atoms with van der Waals surface area (Å²) in [5, 5.41) is 0. The van der Waals surface area contributed by atoms with E-state index in [1.54, 1.807) is 23.9 Å². The Morgan fingerprint density at radius 3 is 2.64 bits per heavy atom. The van der Waals surface area contributed by atoms with Crippen molar-refractivity contribution in [3.63, 3.8) is 0 Å². The molecule has 0 spiro atoms. The predicted octanol–water partition coefficient (Wildman–Crippen LogP) is 3.82. The van der Waals surface area contributed by atoms with Crippen LogP contribution in [0, 0.1) is 13.8 Å². The molecular weight excluding hydrogens is 314 g/mol. The summed E-state index contributed by atoms with van der Waals surface area (Å²) in [5.74, 6) is 0.928. The number of hydrogen-bond acceptors (Lipinski definition) is 3. The van der Waals surface area contributed by atoms with Crippen LogP contribution >= 0.6 is 11.8 Å². The van der Waals surface area contributed by atoms with Gasteiger partial charge in [0.2, 0.25) is 10.0 Å². The lowest BCUT2D eigenvalue weighted by Crippen LogP contribution is -2.30. The highest BCUT2D eigenvalue weighted by molar-refractivity contribution is 7.99. The molecule has 3 nitrogen and oxygen atoms in total. The molecule has 1 heterocycles. The van der Waals surface area contributed by atoms with Gasteiger partial charge in [0.25, 0.3) is 0 Å². The van der Waals surface area contributed by atoms with Gasteiger partial charge in [-0.05, 0) is 60.9 Å². The summed E-state index contributed by atoms with van der Waals surface area (Å²) in [6.45, 7) is 3.91. The van der Waals surface area contributed by atoms with Crippen LogP contribution in [0.5, 0.6) is 0 Å². The highest BCUT2D eigenvalue weighted by Gasteiger charge is 2.26. The van der Waals surface area contributed by atoms with Crippen LogP contribution in [0.15, 0.2) is 52.3 Å². The zero-order valence-electron chi connectivity index (χ0n) is 12.7. The molecule has 2 aromatic rings. The molecule has 0 aliphatic carbocycles. The molecular formula is C17H19NO2S2. The van der Waals surface area contributed by atoms with E-state index in [0.717, 1.165) is 28.9 Å². The number of thioether (sulfide) groups is 1. The minimum Gasteiger partial charge on any atom is -0.207 e. The summed E-state index contributed by atoms with van der Waals surface area (Å²) in [6.07, 6.45) is 0.811. The number of nitrogens with one attached hydrogen (secondary N) is 1. The van der Waals surface area contributed by atoms with Crippen LogP contribution in [-0.4, -0.2) is 14.2 Å². The van der Waals surface area contributed by atoms with Crippen molar-refractivity contribution in [1.29, 1.82) is 0 Å². The Labute approximate surface area is 136 Å². The van der Waals surface area contributed by atoms with E-state index in [1.807, 2.05) is 38.1 Å². The number of benzene rings is 2. The quantitative estimate of drug-likeness (QED) is 0.929. The Kier molecular flexibility index (Phi) is 4.30. The Bertz CT molecular complexity index is 800. The van der Waals surface area contributed by atoms with Gasteiger partial charge in [-0.3, -0.25) is 0 Å². The van der Waals surface area contributed by atoms with E-state index in [-0.39, 0.29) is 6.04 Å². The van der Waals surface area contributed by atoms with E-state index in [0.29, 0.717) is 4.90 Å². The predicted molar refractivity (Wildman–Crippen MR) is 90.8 cm³/mol. The summed E-state index contributed by atoms with van der Waals surface area (Å²) >= 11 is 1.78. The van der Waals surface area contributed by atoms with Crippen molar-refractivity contribution >= 4 is 21.8 Å². The number of rotatable bonds is 3. The maximum atomic E-state index is 12.7. The zero-order valence-corrected chi connectivity index (χ0v) is 14.3. The number of sulfonamides is 1. The smallest absolute Gasteiger partial charge is 0.207 e. The molecule has 116 valence electrons. The Hall–Kier alpha value is -1.30. The summed E-state index contributed by atoms with van der Waals surface area (Å²) in [6, 6.07) is 13.1. The van der Waals surface area contributed by atoms with Crippen molar-refractivity contribution in [3.8, 4) is 0 Å². The third kappa shape index (κ3) is 3.07. The SMILES string of the molecule is Cc1ccc(S(=O)(=O)N[C@H]2CCSc3ccccc32)cc1C. The molecule has 0 unspecified atom stereocenters. The first-order chi connectivity index (χ1) is 10.5. The fourth-order valence-electron chi connectivity index (χ4n) is 2.60. The molecule has 0 radical (unpaired) electrons. The molecule has 1 aliphatic heterocycles. The third-order valence-electron chi connectivity index (χ3n) is 4.04. The van der Waals surface area contributed by atoms with Gasteiger partial charge in [0.05, 0.1) is 4.90 Å². The molecule has 3 rings (SSSR count). The molecule has 5 heteroatoms. The molecule has 1 aliphatic rings. The van der Waals surface area contributed by atoms with Crippen LogP contribution in [0.25, 0.3) is 0 Å². The fourth-order valence-corrected chi connectivity index (χ4v) is 5.06. The van der Waals surface area contributed by atoms with Crippen molar-refractivity contribution < 1.29 is 8.42 Å². The van der Waals surface area contributed by atoms with E-state index in [1.165, 1.54) is 4.90 Å². The van der Waals surface area contributed by atoms with E-state index in [4.69, 9.17) is 0 Å². The standard InChI is InChI=1S/C17H19NO2S2/c1-12-7-8-14(11-13(12)2)22(19,20)18-16-9-10-21-17-6-4-3-5-15(16)17/h3-8,11,16,18H,9-10H2,1-2H3/t16-/m0/s1. The normalized spacial score (nSPS) is 18.0. The van der Waals surface area contributed by atoms with Crippen molar-refractivity contribution in [3.05, 3.63) is 59.2 Å². The van der Waals surface area contributed by atoms with Crippen LogP contribution in [0.2, 0.25) is 0 Å². The van der Waals surface area contributed by atoms with Crippen molar-refractivity contribution in [2.75, 3.05) is 5.75 Å². The first-order valence-corrected chi connectivity index (χ1v) is 9.75. The maximum Gasteiger partial charge on any atom is 0.241 e. The molecule has 1 N–H and O–H groups in total. The van der Waals surface area contributed by atoms with Gasteiger partial charge >= 0.3 is 0 Å². The van der Waals surface area contributed by atoms with Gasteiger partial charge in [-0.2, -0.15) is 0 Å². The molecule has 0 saturated carbocycles. The van der Waals surface area contributed by atoms with Gasteiger partial charge in [0.1, 0.15) is 0 Å². The van der Waals surface area contributed by atoms with Gasteiger partial charge in [-0.15, -0.1) is 11.8 Å². The molecule has 0 saturated heterocycles. The molecule has 0 bridgehead atoms. The summed E-state index contributed by atoms with van der Waals surface area (Å²) in [5.41, 5.74) is 3.16. The minimum atomic E-state index is -3.50. The molecule has 0 fully saturated rings. The lowest BCUT2D eigenvalue weighted by atomic mass is 10.1. The van der Waals surface area contributed by atoms with Gasteiger partial charge in [0.15, 0.2) is 0 Å². The number of aryl methyl sites for hydroxylation is 2. The van der Waals surface area contributed by atoms with Crippen molar-refractivity contribution in [2.24, 2.45) is 0 Å². The average molecular weight is 333 g/mol. The summed E-state index contributed by atoms with van der Waals surface area (Å²) in [4.78, 5) is 1.51. The van der Waals surface area contributed by atoms with E-state index < -0.39 is 10.0 Å². The van der Waals surface area contributed by atoms with Crippen molar-refractivity contribution in [2.45, 2.75) is 36.1 Å². The van der Waals surface area contributed by atoms with Gasteiger partial charge < -0.3 is 0 Å². The van der Waals surface area contributed by atoms with Crippen LogP contribution < -0.4 is 4.72 Å². The van der Waals surface area contributed by atoms with E-state index in [2.05, 4.69) is 10.8 Å². The molecule has 2 aromatic carbocycles. The Morgan fingerprint density at radius 1 is 1.09 bits per heavy atom. The fraction of sp³-hybridized carbons (Fsp3) is 0.294. The molecule has 22 heavy (non-hydrogen) atoms. The second kappa shape index (κ2) is 6.07. The molecule has 0 aromatic heterocycles. The largest absolute Gasteiger partial charge is 0.241 e. The Balaban J connectivity index is 1.91. The minimum absolute atomic E-state index is 0.149. The second-order valence-electron chi connectivity index (χ2n) is 5.59. The van der Waals surface area contributed by atoms with Crippen LogP contribution in [-0.2, 0) is 10.0 Å². The topological polar surface area (TPSA) is 46.2 Å². The van der Waals surface area contributed by atoms with Crippen molar-refractivity contribution in [1.82, 2.24) is 4.72 Å². The summed E-state index contributed by atoms with van der Waals surface area (Å²) < 4.78 is 28.2. The molecule has 1 atom stereocenters. The highest BCUT2D eigenvalue weighted by Crippen LogP contribution is 2.36. The van der Waals surface area contributed by atoms with Gasteiger partial charge in [0, 0.05) is 10.9 Å². The van der Waals surface area contributed by atoms with Crippen LogP contribution in [0.4, 0.5) is 0 Å². The average Bonchev–Trinajstić information content (AvgIpc) is 2.50. The number of fused-ring (bicyclic) bond motifs is 1. The second-order valence-corrected chi connectivity index (χ2v) is 8.45. The summed E-state index contributed by atoms with van der Waals surface area (Å²) in [7, 11) is -3.50. The van der Waals surface area contributed by atoms with E-state index >= 15 is 0 Å². The lowest BCUT2D eigenvalue weighted by molar-refractivity contribution is 0.546. The number of hydrogen-bond donors (Lipinski definition) is 1. The third-order valence-corrected chi connectivity index (χ3v) is 6.64. The monoisotopic (exact) mass is 333 g/mol. The first-order valence-electron chi connectivity index (χ1n) is 7.29. The van der Waals surface area contributed by atoms with Gasteiger partial charge in [-0.1, -0.05) is 24.3 Å². The first kappa shape index (κ1) is 15.6. The van der Waals surface area contributed by atoms with Crippen LogP contribution in [0.3, 0.4) is 0 Å².